The summed E-state index contributed by atoms with van der Waals surface area (Å²) in [6, 6.07) is 5.02. The van der Waals surface area contributed by atoms with E-state index < -0.39 is 11.8 Å². The van der Waals surface area contributed by atoms with Crippen LogP contribution in [0.15, 0.2) is 18.2 Å². The van der Waals surface area contributed by atoms with Gasteiger partial charge in [0.1, 0.15) is 11.8 Å². The highest BCUT2D eigenvalue weighted by Gasteiger charge is 2.54. The van der Waals surface area contributed by atoms with Crippen LogP contribution in [-0.4, -0.2) is 41.9 Å². The summed E-state index contributed by atoms with van der Waals surface area (Å²) < 4.78 is 16.9. The molecule has 1 aromatic carbocycles. The van der Waals surface area contributed by atoms with Crippen molar-refractivity contribution in [1.82, 2.24) is 10.2 Å². The molecule has 2 aliphatic heterocycles. The van der Waals surface area contributed by atoms with Gasteiger partial charge in [0.2, 0.25) is 18.6 Å². The van der Waals surface area contributed by atoms with Gasteiger partial charge in [0.15, 0.2) is 11.5 Å². The molecule has 3 atom stereocenters. The van der Waals surface area contributed by atoms with Gasteiger partial charge in [0.05, 0.1) is 6.61 Å². The number of fused-ring (bicyclic) bond motifs is 1. The van der Waals surface area contributed by atoms with Gasteiger partial charge >= 0.3 is 0 Å². The summed E-state index contributed by atoms with van der Waals surface area (Å²) in [5.41, 5.74) is 0.281. The molecule has 2 heterocycles. The van der Waals surface area contributed by atoms with Gasteiger partial charge in [-0.25, -0.2) is 0 Å². The Bertz CT molecular complexity index is 795. The van der Waals surface area contributed by atoms with E-state index >= 15 is 0 Å². The maximum absolute atomic E-state index is 13.1. The number of benzene rings is 1. The molecule has 1 N–H and O–H groups in total. The minimum absolute atomic E-state index is 0.0140. The van der Waals surface area contributed by atoms with Crippen LogP contribution in [-0.2, 0) is 20.9 Å². The summed E-state index contributed by atoms with van der Waals surface area (Å²) >= 11 is 0. The molecule has 0 radical (unpaired) electrons. The standard InChI is InChI=1S/C22H30N2O5/c1-14(2)21(26)24-17(12-29-22(24)8-4-5-15(3)10-22)20(25)23-11-16-6-7-18-19(9-16)28-13-27-18/h6-7,9,14-15,17H,4-5,8,10-13H2,1-3H3,(H,23,25)/t15-,17+,22+/m1/s1. The van der Waals surface area contributed by atoms with Crippen LogP contribution in [0.25, 0.3) is 0 Å². The Morgan fingerprint density at radius 2 is 2.07 bits per heavy atom. The summed E-state index contributed by atoms with van der Waals surface area (Å²) in [6.07, 6.45) is 3.73. The molecule has 1 saturated heterocycles. The van der Waals surface area contributed by atoms with Crippen molar-refractivity contribution in [3.8, 4) is 11.5 Å². The van der Waals surface area contributed by atoms with E-state index in [1.165, 1.54) is 0 Å². The molecule has 0 unspecified atom stereocenters. The van der Waals surface area contributed by atoms with Crippen LogP contribution in [0.5, 0.6) is 11.5 Å². The van der Waals surface area contributed by atoms with Crippen molar-refractivity contribution in [2.75, 3.05) is 13.4 Å². The van der Waals surface area contributed by atoms with Gasteiger partial charge in [-0.15, -0.1) is 0 Å². The third kappa shape index (κ3) is 3.80. The van der Waals surface area contributed by atoms with Crippen LogP contribution in [0.3, 0.4) is 0 Å². The summed E-state index contributed by atoms with van der Waals surface area (Å²) in [7, 11) is 0. The number of hydrogen-bond acceptors (Lipinski definition) is 5. The second-order valence-corrected chi connectivity index (χ2v) is 8.74. The molecule has 1 spiro atoms. The van der Waals surface area contributed by atoms with Crippen molar-refractivity contribution in [1.29, 1.82) is 0 Å². The van der Waals surface area contributed by atoms with Gasteiger partial charge in [-0.2, -0.15) is 0 Å². The molecule has 4 rings (SSSR count). The van der Waals surface area contributed by atoms with Gasteiger partial charge < -0.3 is 19.5 Å². The van der Waals surface area contributed by atoms with E-state index in [1.54, 1.807) is 4.90 Å². The van der Waals surface area contributed by atoms with Crippen LogP contribution < -0.4 is 14.8 Å². The molecule has 7 nitrogen and oxygen atoms in total. The number of amides is 2. The number of rotatable bonds is 4. The number of carbonyl (C=O) groups is 2. The Hall–Kier alpha value is -2.28. The van der Waals surface area contributed by atoms with E-state index in [9.17, 15) is 9.59 Å². The van der Waals surface area contributed by atoms with E-state index in [2.05, 4.69) is 12.2 Å². The molecule has 0 aromatic heterocycles. The minimum Gasteiger partial charge on any atom is -0.454 e. The highest BCUT2D eigenvalue weighted by atomic mass is 16.7. The zero-order chi connectivity index (χ0) is 20.6. The molecule has 3 aliphatic rings. The van der Waals surface area contributed by atoms with Gasteiger partial charge in [-0.3, -0.25) is 14.5 Å². The van der Waals surface area contributed by atoms with E-state index in [0.717, 1.165) is 31.2 Å². The van der Waals surface area contributed by atoms with E-state index in [0.29, 0.717) is 24.0 Å². The summed E-state index contributed by atoms with van der Waals surface area (Å²) in [6.45, 7) is 6.77. The zero-order valence-electron chi connectivity index (χ0n) is 17.4. The predicted molar refractivity (Wildman–Crippen MR) is 106 cm³/mol. The summed E-state index contributed by atoms with van der Waals surface area (Å²) in [5, 5.41) is 2.98. The number of ether oxygens (including phenoxy) is 3. The largest absolute Gasteiger partial charge is 0.454 e. The second kappa shape index (κ2) is 7.86. The quantitative estimate of drug-likeness (QED) is 0.838. The molecular weight excluding hydrogens is 372 g/mol. The third-order valence-electron chi connectivity index (χ3n) is 6.13. The van der Waals surface area contributed by atoms with Gasteiger partial charge in [0.25, 0.3) is 0 Å². The van der Waals surface area contributed by atoms with Gasteiger partial charge in [0, 0.05) is 12.5 Å². The lowest BCUT2D eigenvalue weighted by Gasteiger charge is -2.44. The molecule has 29 heavy (non-hydrogen) atoms. The van der Waals surface area contributed by atoms with Crippen LogP contribution in [0.1, 0.15) is 52.0 Å². The zero-order valence-corrected chi connectivity index (χ0v) is 17.4. The number of hydrogen-bond donors (Lipinski definition) is 1. The molecular formula is C22H30N2O5. The van der Waals surface area contributed by atoms with E-state index in [-0.39, 0.29) is 31.1 Å². The van der Waals surface area contributed by atoms with Gasteiger partial charge in [-0.05, 0) is 42.9 Å². The second-order valence-electron chi connectivity index (χ2n) is 8.74. The Labute approximate surface area is 171 Å². The van der Waals surface area contributed by atoms with Crippen LogP contribution >= 0.6 is 0 Å². The first-order valence-corrected chi connectivity index (χ1v) is 10.5. The fraction of sp³-hybridized carbons (Fsp3) is 0.636. The highest BCUT2D eigenvalue weighted by molar-refractivity contribution is 5.89. The van der Waals surface area contributed by atoms with Crippen molar-refractivity contribution in [2.24, 2.45) is 11.8 Å². The van der Waals surface area contributed by atoms with Crippen LogP contribution in [0.2, 0.25) is 0 Å². The maximum Gasteiger partial charge on any atom is 0.245 e. The molecule has 1 aromatic rings. The Morgan fingerprint density at radius 3 is 2.83 bits per heavy atom. The van der Waals surface area contributed by atoms with Crippen molar-refractivity contribution in [3.63, 3.8) is 0 Å². The Kier molecular flexibility index (Phi) is 5.42. The lowest BCUT2D eigenvalue weighted by atomic mass is 9.82. The minimum atomic E-state index is -0.639. The number of carbonyl (C=O) groups excluding carboxylic acids is 2. The molecule has 2 amide bonds. The van der Waals surface area contributed by atoms with Gasteiger partial charge in [-0.1, -0.05) is 33.3 Å². The summed E-state index contributed by atoms with van der Waals surface area (Å²) in [4.78, 5) is 27.9. The topological polar surface area (TPSA) is 77.1 Å². The fourth-order valence-corrected chi connectivity index (χ4v) is 4.67. The third-order valence-corrected chi connectivity index (χ3v) is 6.13. The number of nitrogens with zero attached hydrogens (tertiary/aromatic N) is 1. The molecule has 1 saturated carbocycles. The lowest BCUT2D eigenvalue weighted by Crippen LogP contribution is -2.58. The summed E-state index contributed by atoms with van der Waals surface area (Å²) in [5.74, 6) is 1.50. The number of nitrogens with one attached hydrogen (secondary N) is 1. The Morgan fingerprint density at radius 1 is 1.28 bits per heavy atom. The predicted octanol–water partition coefficient (Wildman–Crippen LogP) is 2.82. The van der Waals surface area contributed by atoms with Crippen molar-refractivity contribution < 1.29 is 23.8 Å². The molecule has 0 bridgehead atoms. The lowest BCUT2D eigenvalue weighted by molar-refractivity contribution is -0.165. The molecule has 7 heteroatoms. The fourth-order valence-electron chi connectivity index (χ4n) is 4.67. The first kappa shape index (κ1) is 20.0. The normalized spacial score (nSPS) is 28.2. The molecule has 1 aliphatic carbocycles. The maximum atomic E-state index is 13.1. The van der Waals surface area contributed by atoms with Crippen molar-refractivity contribution >= 4 is 11.8 Å². The smallest absolute Gasteiger partial charge is 0.245 e. The monoisotopic (exact) mass is 402 g/mol. The van der Waals surface area contributed by atoms with E-state index in [4.69, 9.17) is 14.2 Å². The average molecular weight is 402 g/mol. The first-order chi connectivity index (χ1) is 13.9. The Balaban J connectivity index is 1.48. The van der Waals surface area contributed by atoms with Crippen LogP contribution in [0, 0.1) is 11.8 Å². The van der Waals surface area contributed by atoms with Crippen molar-refractivity contribution in [3.05, 3.63) is 23.8 Å². The van der Waals surface area contributed by atoms with Crippen molar-refractivity contribution in [2.45, 2.75) is 64.8 Å². The highest BCUT2D eigenvalue weighted by Crippen LogP contribution is 2.43. The molecule has 2 fully saturated rings. The SMILES string of the molecule is CC(C)C(=O)N1[C@H](C(=O)NCc2ccc3c(c2)OCO3)CO[C@]12CCC[C@@H](C)C2. The average Bonchev–Trinajstić information content (AvgIpc) is 3.29. The van der Waals surface area contributed by atoms with Crippen LogP contribution in [0.4, 0.5) is 0 Å². The molecule has 158 valence electrons. The first-order valence-electron chi connectivity index (χ1n) is 10.5. The van der Waals surface area contributed by atoms with E-state index in [1.807, 2.05) is 32.0 Å².